The highest BCUT2D eigenvalue weighted by atomic mass is 16.5. The van der Waals surface area contributed by atoms with Gasteiger partial charge in [-0.25, -0.2) is 0 Å². The number of amides is 2. The summed E-state index contributed by atoms with van der Waals surface area (Å²) in [6, 6.07) is 10.1. The molecule has 0 bridgehead atoms. The molecule has 2 heterocycles. The molecule has 3 rings (SSSR count). The molecule has 2 aliphatic heterocycles. The average Bonchev–Trinajstić information content (AvgIpc) is 2.75. The van der Waals surface area contributed by atoms with Crippen LogP contribution in [-0.4, -0.2) is 74.1 Å². The summed E-state index contributed by atoms with van der Waals surface area (Å²) in [7, 11) is 1.86. The Balaban J connectivity index is 1.46. The highest BCUT2D eigenvalue weighted by molar-refractivity contribution is 5.88. The topological polar surface area (TPSA) is 61.9 Å². The molecule has 6 nitrogen and oxygen atoms in total. The SMILES string of the molecule is CN(CCC1CCOCC1)C(=O)CC1C(=O)NCCN1CCCc1ccccc1. The second kappa shape index (κ2) is 11.3. The third-order valence-corrected chi connectivity index (χ3v) is 6.20. The molecule has 1 N–H and O–H groups in total. The molecule has 2 aliphatic rings. The Morgan fingerprint density at radius 3 is 2.76 bits per heavy atom. The van der Waals surface area contributed by atoms with Gasteiger partial charge < -0.3 is 15.0 Å². The van der Waals surface area contributed by atoms with Crippen LogP contribution in [0.2, 0.25) is 0 Å². The summed E-state index contributed by atoms with van der Waals surface area (Å²) in [4.78, 5) is 29.2. The van der Waals surface area contributed by atoms with E-state index in [2.05, 4.69) is 34.5 Å². The zero-order valence-electron chi connectivity index (χ0n) is 17.6. The number of nitrogens with one attached hydrogen (secondary N) is 1. The lowest BCUT2D eigenvalue weighted by molar-refractivity contribution is -0.138. The van der Waals surface area contributed by atoms with Crippen LogP contribution in [0.3, 0.4) is 0 Å². The number of carbonyl (C=O) groups is 2. The minimum atomic E-state index is -0.349. The van der Waals surface area contributed by atoms with Gasteiger partial charge in [0, 0.05) is 39.9 Å². The summed E-state index contributed by atoms with van der Waals surface area (Å²) in [5.74, 6) is 0.695. The summed E-state index contributed by atoms with van der Waals surface area (Å²) in [6.45, 7) is 4.74. The first-order valence-corrected chi connectivity index (χ1v) is 11.0. The molecule has 1 aromatic carbocycles. The van der Waals surface area contributed by atoms with Crippen LogP contribution in [0.4, 0.5) is 0 Å². The van der Waals surface area contributed by atoms with Gasteiger partial charge in [0.15, 0.2) is 0 Å². The van der Waals surface area contributed by atoms with Crippen LogP contribution in [0, 0.1) is 5.92 Å². The van der Waals surface area contributed by atoms with Crippen LogP contribution in [0.25, 0.3) is 0 Å². The van der Waals surface area contributed by atoms with E-state index in [0.717, 1.165) is 65.0 Å². The molecular weight excluding hydrogens is 366 g/mol. The Kier molecular flexibility index (Phi) is 8.50. The Morgan fingerprint density at radius 1 is 1.24 bits per heavy atom. The summed E-state index contributed by atoms with van der Waals surface area (Å²) in [5.41, 5.74) is 1.31. The molecule has 2 saturated heterocycles. The minimum absolute atomic E-state index is 0.0119. The maximum Gasteiger partial charge on any atom is 0.237 e. The van der Waals surface area contributed by atoms with Crippen molar-refractivity contribution in [3.8, 4) is 0 Å². The average molecular weight is 402 g/mol. The van der Waals surface area contributed by atoms with Crippen LogP contribution >= 0.6 is 0 Å². The van der Waals surface area contributed by atoms with Crippen LogP contribution in [0.15, 0.2) is 30.3 Å². The van der Waals surface area contributed by atoms with E-state index in [1.165, 1.54) is 5.56 Å². The number of piperazine rings is 1. The van der Waals surface area contributed by atoms with E-state index in [-0.39, 0.29) is 24.3 Å². The number of aryl methyl sites for hydroxylation is 1. The Hall–Kier alpha value is -1.92. The molecule has 0 aliphatic carbocycles. The van der Waals surface area contributed by atoms with Crippen molar-refractivity contribution in [2.75, 3.05) is 46.4 Å². The number of rotatable bonds is 9. The van der Waals surface area contributed by atoms with Crippen molar-refractivity contribution in [2.45, 2.75) is 44.6 Å². The van der Waals surface area contributed by atoms with Crippen LogP contribution in [0.1, 0.15) is 37.7 Å². The first kappa shape index (κ1) is 21.8. The molecule has 1 aromatic rings. The fraction of sp³-hybridized carbons (Fsp3) is 0.652. The molecule has 6 heteroatoms. The molecule has 0 aromatic heterocycles. The highest BCUT2D eigenvalue weighted by Gasteiger charge is 2.32. The first-order chi connectivity index (χ1) is 14.1. The fourth-order valence-corrected chi connectivity index (χ4v) is 4.24. The van der Waals surface area contributed by atoms with Crippen LogP contribution < -0.4 is 5.32 Å². The van der Waals surface area contributed by atoms with Gasteiger partial charge in [0.05, 0.1) is 12.5 Å². The second-order valence-electron chi connectivity index (χ2n) is 8.30. The second-order valence-corrected chi connectivity index (χ2v) is 8.30. The van der Waals surface area contributed by atoms with Crippen molar-refractivity contribution >= 4 is 11.8 Å². The van der Waals surface area contributed by atoms with Crippen molar-refractivity contribution in [3.05, 3.63) is 35.9 Å². The van der Waals surface area contributed by atoms with E-state index in [0.29, 0.717) is 12.5 Å². The van der Waals surface area contributed by atoms with Crippen molar-refractivity contribution in [1.29, 1.82) is 0 Å². The standard InChI is InChI=1S/C23H35N3O3/c1-25(14-9-20-10-16-29-17-11-20)22(27)18-21-23(28)24-12-15-26(21)13-5-8-19-6-3-2-4-7-19/h2-4,6-7,20-21H,5,8-18H2,1H3,(H,24,28). The van der Waals surface area contributed by atoms with E-state index in [4.69, 9.17) is 4.74 Å². The summed E-state index contributed by atoms with van der Waals surface area (Å²) >= 11 is 0. The van der Waals surface area contributed by atoms with Crippen molar-refractivity contribution in [2.24, 2.45) is 5.92 Å². The largest absolute Gasteiger partial charge is 0.381 e. The van der Waals surface area contributed by atoms with Gasteiger partial charge in [0.2, 0.25) is 11.8 Å². The molecule has 2 fully saturated rings. The van der Waals surface area contributed by atoms with Gasteiger partial charge in [0.25, 0.3) is 0 Å². The Labute approximate surface area is 174 Å². The van der Waals surface area contributed by atoms with Crippen molar-refractivity contribution in [1.82, 2.24) is 15.1 Å². The summed E-state index contributed by atoms with van der Waals surface area (Å²) in [6.07, 6.45) is 5.43. The quantitative estimate of drug-likeness (QED) is 0.688. The normalized spacial score (nSPS) is 21.0. The zero-order chi connectivity index (χ0) is 20.5. The molecule has 0 spiro atoms. The van der Waals surface area contributed by atoms with Gasteiger partial charge in [-0.05, 0) is 50.1 Å². The van der Waals surface area contributed by atoms with E-state index in [1.54, 1.807) is 4.90 Å². The molecule has 1 unspecified atom stereocenters. The van der Waals surface area contributed by atoms with E-state index < -0.39 is 0 Å². The van der Waals surface area contributed by atoms with Gasteiger partial charge in [0.1, 0.15) is 0 Å². The van der Waals surface area contributed by atoms with Gasteiger partial charge in [-0.1, -0.05) is 30.3 Å². The maximum atomic E-state index is 12.8. The smallest absolute Gasteiger partial charge is 0.237 e. The predicted octanol–water partition coefficient (Wildman–Crippen LogP) is 2.08. The van der Waals surface area contributed by atoms with Crippen molar-refractivity contribution < 1.29 is 14.3 Å². The fourth-order valence-electron chi connectivity index (χ4n) is 4.24. The van der Waals surface area contributed by atoms with Crippen molar-refractivity contribution in [3.63, 3.8) is 0 Å². The lowest BCUT2D eigenvalue weighted by Crippen LogP contribution is -2.56. The lowest BCUT2D eigenvalue weighted by Gasteiger charge is -2.35. The van der Waals surface area contributed by atoms with E-state index in [9.17, 15) is 9.59 Å². The monoisotopic (exact) mass is 401 g/mol. The minimum Gasteiger partial charge on any atom is -0.381 e. The van der Waals surface area contributed by atoms with E-state index >= 15 is 0 Å². The Bertz CT molecular complexity index is 646. The summed E-state index contributed by atoms with van der Waals surface area (Å²) < 4.78 is 5.41. The molecule has 0 saturated carbocycles. The van der Waals surface area contributed by atoms with E-state index in [1.807, 2.05) is 13.1 Å². The predicted molar refractivity (Wildman–Crippen MR) is 114 cm³/mol. The lowest BCUT2D eigenvalue weighted by atomic mass is 9.96. The molecule has 160 valence electrons. The number of hydrogen-bond acceptors (Lipinski definition) is 4. The summed E-state index contributed by atoms with van der Waals surface area (Å²) in [5, 5.41) is 2.93. The number of ether oxygens (including phenoxy) is 1. The van der Waals surface area contributed by atoms with Crippen LogP contribution in [-0.2, 0) is 20.7 Å². The number of benzene rings is 1. The highest BCUT2D eigenvalue weighted by Crippen LogP contribution is 2.19. The zero-order valence-corrected chi connectivity index (χ0v) is 17.6. The molecular formula is C23H35N3O3. The molecule has 0 radical (unpaired) electrons. The number of nitrogens with zero attached hydrogens (tertiary/aromatic N) is 2. The number of carbonyl (C=O) groups excluding carboxylic acids is 2. The maximum absolute atomic E-state index is 12.8. The number of hydrogen-bond donors (Lipinski definition) is 1. The molecule has 29 heavy (non-hydrogen) atoms. The molecule has 2 amide bonds. The van der Waals surface area contributed by atoms with Gasteiger partial charge in [-0.3, -0.25) is 14.5 Å². The first-order valence-electron chi connectivity index (χ1n) is 11.0. The third kappa shape index (κ3) is 6.82. The van der Waals surface area contributed by atoms with Gasteiger partial charge in [-0.15, -0.1) is 0 Å². The third-order valence-electron chi connectivity index (χ3n) is 6.20. The van der Waals surface area contributed by atoms with Gasteiger partial charge >= 0.3 is 0 Å². The molecule has 1 atom stereocenters. The van der Waals surface area contributed by atoms with Gasteiger partial charge in [-0.2, -0.15) is 0 Å². The van der Waals surface area contributed by atoms with Crippen LogP contribution in [0.5, 0.6) is 0 Å². The Morgan fingerprint density at radius 2 is 2.00 bits per heavy atom.